The Balaban J connectivity index is 2.10. The average Bonchev–Trinajstić information content (AvgIpc) is 2.47. The quantitative estimate of drug-likeness (QED) is 0.792. The van der Waals surface area contributed by atoms with E-state index in [-0.39, 0.29) is 25.8 Å². The summed E-state index contributed by atoms with van der Waals surface area (Å²) in [4.78, 5) is 23.2. The highest BCUT2D eigenvalue weighted by atomic mass is 79.9. The summed E-state index contributed by atoms with van der Waals surface area (Å²) in [6.45, 7) is 2.22. The molecule has 2 amide bonds. The number of halogens is 1. The Bertz CT molecular complexity index is 569. The predicted octanol–water partition coefficient (Wildman–Crippen LogP) is 1.96. The molecule has 0 aromatic heterocycles. The van der Waals surface area contributed by atoms with Crippen molar-refractivity contribution < 1.29 is 19.1 Å². The number of benzene rings is 1. The van der Waals surface area contributed by atoms with Gasteiger partial charge in [0, 0.05) is 4.47 Å². The number of urea groups is 1. The number of esters is 1. The van der Waals surface area contributed by atoms with Gasteiger partial charge in [0.1, 0.15) is 12.4 Å². The minimum atomic E-state index is -0.459. The molecule has 1 heterocycles. The predicted molar refractivity (Wildman–Crippen MR) is 79.8 cm³/mol. The maximum absolute atomic E-state index is 11.8. The third-order valence-corrected chi connectivity index (χ3v) is 3.30. The highest BCUT2D eigenvalue weighted by Gasteiger charge is 2.23. The molecule has 0 unspecified atom stereocenters. The van der Waals surface area contributed by atoms with Crippen LogP contribution in [0.15, 0.2) is 40.0 Å². The molecule has 2 N–H and O–H groups in total. The molecule has 0 spiro atoms. The molecule has 21 heavy (non-hydrogen) atoms. The van der Waals surface area contributed by atoms with Crippen molar-refractivity contribution in [2.75, 3.05) is 19.8 Å². The lowest BCUT2D eigenvalue weighted by atomic mass is 10.1. The molecule has 112 valence electrons. The zero-order valence-corrected chi connectivity index (χ0v) is 13.0. The smallest absolute Gasteiger partial charge is 0.337 e. The van der Waals surface area contributed by atoms with Crippen molar-refractivity contribution in [1.29, 1.82) is 0 Å². The van der Waals surface area contributed by atoms with E-state index in [0.717, 1.165) is 4.47 Å². The van der Waals surface area contributed by atoms with Gasteiger partial charge >= 0.3 is 12.0 Å². The van der Waals surface area contributed by atoms with Crippen LogP contribution in [-0.4, -0.2) is 31.8 Å². The molecule has 1 aliphatic heterocycles. The van der Waals surface area contributed by atoms with Gasteiger partial charge in [0.15, 0.2) is 0 Å². The van der Waals surface area contributed by atoms with E-state index in [4.69, 9.17) is 9.47 Å². The molecular weight excluding hydrogens is 340 g/mol. The molecule has 0 atom stereocenters. The van der Waals surface area contributed by atoms with Crippen molar-refractivity contribution in [3.63, 3.8) is 0 Å². The molecule has 6 nitrogen and oxygen atoms in total. The van der Waals surface area contributed by atoms with Gasteiger partial charge in [-0.15, -0.1) is 0 Å². The lowest BCUT2D eigenvalue weighted by molar-refractivity contribution is -0.138. The van der Waals surface area contributed by atoms with E-state index in [1.807, 2.05) is 12.1 Å². The first kappa shape index (κ1) is 15.4. The van der Waals surface area contributed by atoms with E-state index < -0.39 is 5.97 Å². The van der Waals surface area contributed by atoms with E-state index in [2.05, 4.69) is 26.6 Å². The van der Waals surface area contributed by atoms with Crippen LogP contribution in [0.2, 0.25) is 0 Å². The molecule has 0 saturated carbocycles. The first-order valence-corrected chi connectivity index (χ1v) is 7.21. The van der Waals surface area contributed by atoms with Crippen LogP contribution >= 0.6 is 15.9 Å². The summed E-state index contributed by atoms with van der Waals surface area (Å²) in [6, 6.07) is 6.90. The topological polar surface area (TPSA) is 76.7 Å². The van der Waals surface area contributed by atoms with Crippen molar-refractivity contribution in [2.24, 2.45) is 0 Å². The highest BCUT2D eigenvalue weighted by Crippen LogP contribution is 2.17. The van der Waals surface area contributed by atoms with Crippen molar-refractivity contribution in [2.45, 2.75) is 6.92 Å². The average molecular weight is 355 g/mol. The van der Waals surface area contributed by atoms with Crippen LogP contribution in [0, 0.1) is 0 Å². The van der Waals surface area contributed by atoms with Gasteiger partial charge in [0.05, 0.1) is 24.4 Å². The first-order chi connectivity index (χ1) is 10.1. The van der Waals surface area contributed by atoms with E-state index in [1.54, 1.807) is 19.1 Å². The summed E-state index contributed by atoms with van der Waals surface area (Å²) in [5.74, 6) is 0.182. The van der Waals surface area contributed by atoms with Crippen LogP contribution in [0.3, 0.4) is 0 Å². The summed E-state index contributed by atoms with van der Waals surface area (Å²) in [7, 11) is 0. The molecule has 7 heteroatoms. The fourth-order valence-electron chi connectivity index (χ4n) is 1.76. The molecule has 0 saturated heterocycles. The second-order valence-electron chi connectivity index (χ2n) is 4.23. The van der Waals surface area contributed by atoms with E-state index >= 15 is 0 Å². The summed E-state index contributed by atoms with van der Waals surface area (Å²) in [6.07, 6.45) is 0. The summed E-state index contributed by atoms with van der Waals surface area (Å²) < 4.78 is 11.5. The minimum Gasteiger partial charge on any atom is -0.487 e. The van der Waals surface area contributed by atoms with Crippen molar-refractivity contribution in [1.82, 2.24) is 10.6 Å². The monoisotopic (exact) mass is 354 g/mol. The normalized spacial score (nSPS) is 14.3. The fraction of sp³-hybridized carbons (Fsp3) is 0.286. The third-order valence-electron chi connectivity index (χ3n) is 2.77. The van der Waals surface area contributed by atoms with Crippen LogP contribution in [0.5, 0.6) is 5.75 Å². The van der Waals surface area contributed by atoms with Crippen LogP contribution in [0.1, 0.15) is 6.92 Å². The van der Waals surface area contributed by atoms with Gasteiger partial charge in [0.25, 0.3) is 0 Å². The maximum Gasteiger partial charge on any atom is 0.337 e. The zero-order valence-electron chi connectivity index (χ0n) is 11.4. The molecule has 0 radical (unpaired) electrons. The van der Waals surface area contributed by atoms with Gasteiger partial charge in [-0.1, -0.05) is 15.9 Å². The first-order valence-electron chi connectivity index (χ1n) is 6.42. The van der Waals surface area contributed by atoms with Crippen LogP contribution in [-0.2, 0) is 9.53 Å². The van der Waals surface area contributed by atoms with E-state index in [9.17, 15) is 9.59 Å². The number of amides is 2. The fourth-order valence-corrected chi connectivity index (χ4v) is 2.02. The van der Waals surface area contributed by atoms with Gasteiger partial charge in [-0.3, -0.25) is 0 Å². The van der Waals surface area contributed by atoms with Gasteiger partial charge in [-0.05, 0) is 31.2 Å². The Morgan fingerprint density at radius 2 is 2.05 bits per heavy atom. The van der Waals surface area contributed by atoms with Crippen LogP contribution in [0.25, 0.3) is 0 Å². The Hall–Kier alpha value is -2.02. The van der Waals surface area contributed by atoms with Gasteiger partial charge < -0.3 is 20.1 Å². The van der Waals surface area contributed by atoms with Gasteiger partial charge in [-0.25, -0.2) is 9.59 Å². The number of nitrogens with one attached hydrogen (secondary N) is 2. The number of carbonyl (C=O) groups is 2. The largest absolute Gasteiger partial charge is 0.487 e. The number of carbonyl (C=O) groups excluding carboxylic acids is 2. The van der Waals surface area contributed by atoms with Gasteiger partial charge in [-0.2, -0.15) is 0 Å². The Morgan fingerprint density at radius 1 is 1.33 bits per heavy atom. The Morgan fingerprint density at radius 3 is 2.71 bits per heavy atom. The second-order valence-corrected chi connectivity index (χ2v) is 5.14. The van der Waals surface area contributed by atoms with Gasteiger partial charge in [0.2, 0.25) is 0 Å². The number of ether oxygens (including phenoxy) is 2. The van der Waals surface area contributed by atoms with Crippen molar-refractivity contribution >= 4 is 27.9 Å². The highest BCUT2D eigenvalue weighted by molar-refractivity contribution is 9.10. The molecule has 1 aromatic carbocycles. The lowest BCUT2D eigenvalue weighted by Gasteiger charge is -2.21. The van der Waals surface area contributed by atoms with Crippen molar-refractivity contribution in [3.8, 4) is 5.75 Å². The Kier molecular flexibility index (Phi) is 5.21. The second kappa shape index (κ2) is 7.12. The van der Waals surface area contributed by atoms with Crippen molar-refractivity contribution in [3.05, 3.63) is 40.0 Å². The summed E-state index contributed by atoms with van der Waals surface area (Å²) in [5.41, 5.74) is 0.786. The third kappa shape index (κ3) is 4.22. The summed E-state index contributed by atoms with van der Waals surface area (Å²) >= 11 is 3.34. The standard InChI is InChI=1S/C14H15BrN2O4/c1-2-20-13(18)11-7-16-14(19)17-12(11)8-21-10-5-3-9(15)4-6-10/h3-6H,2,7-8H2,1H3,(H2,16,17,19). The SMILES string of the molecule is CCOC(=O)C1=C(COc2ccc(Br)cc2)NC(=O)NC1. The molecule has 1 aromatic rings. The molecular formula is C14H15BrN2O4. The molecule has 0 fully saturated rings. The summed E-state index contributed by atoms with van der Waals surface area (Å²) in [5, 5.41) is 5.12. The number of hydrogen-bond acceptors (Lipinski definition) is 4. The zero-order chi connectivity index (χ0) is 15.2. The number of hydrogen-bond donors (Lipinski definition) is 2. The Labute approximate surface area is 130 Å². The number of rotatable bonds is 5. The van der Waals surface area contributed by atoms with E-state index in [0.29, 0.717) is 17.0 Å². The minimum absolute atomic E-state index is 0.0865. The van der Waals surface area contributed by atoms with E-state index in [1.165, 1.54) is 0 Å². The molecule has 0 aliphatic carbocycles. The molecule has 2 rings (SSSR count). The molecule has 1 aliphatic rings. The van der Waals surface area contributed by atoms with Crippen LogP contribution in [0.4, 0.5) is 4.79 Å². The lowest BCUT2D eigenvalue weighted by Crippen LogP contribution is -2.45. The van der Waals surface area contributed by atoms with Crippen LogP contribution < -0.4 is 15.4 Å². The maximum atomic E-state index is 11.8. The molecule has 0 bridgehead atoms.